The first kappa shape index (κ1) is 19.3. The summed E-state index contributed by atoms with van der Waals surface area (Å²) in [7, 11) is -7.24. The third kappa shape index (κ3) is 3.80. The van der Waals surface area contributed by atoms with Crippen LogP contribution in [-0.4, -0.2) is 46.6 Å². The molecular formula is C17H21NO5S3. The van der Waals surface area contributed by atoms with E-state index in [-0.39, 0.29) is 35.9 Å². The Morgan fingerprint density at radius 2 is 1.96 bits per heavy atom. The highest BCUT2D eigenvalue weighted by Crippen LogP contribution is 2.34. The fraction of sp³-hybridized carbons (Fsp3) is 0.412. The van der Waals surface area contributed by atoms with Gasteiger partial charge in [0.05, 0.1) is 17.6 Å². The summed E-state index contributed by atoms with van der Waals surface area (Å²) in [5.41, 5.74) is 0. The molecule has 2 heterocycles. The lowest BCUT2D eigenvalue weighted by molar-refractivity contribution is 0.329. The molecule has 0 aliphatic carbocycles. The highest BCUT2D eigenvalue weighted by molar-refractivity contribution is 7.92. The molecule has 6 nitrogen and oxygen atoms in total. The standard InChI is InChI=1S/C17H21NO5S3/c1-2-23-14-6-3-4-8-16(14)26(21,22)18-10-9-17(15-7-5-12-24-15)25(19,20)13-11-18/h3-8,12,17H,2,9-11,13H2,1H3. The number of nitrogens with zero attached hydrogens (tertiary/aromatic N) is 1. The average molecular weight is 416 g/mol. The van der Waals surface area contributed by atoms with E-state index in [2.05, 4.69) is 0 Å². The molecule has 2 aromatic rings. The van der Waals surface area contributed by atoms with Crippen LogP contribution in [0.4, 0.5) is 0 Å². The molecule has 1 aliphatic heterocycles. The second-order valence-corrected chi connectivity index (χ2v) is 11.1. The SMILES string of the molecule is CCOc1ccccc1S(=O)(=O)N1CCC(c2cccs2)S(=O)(=O)CC1. The van der Waals surface area contributed by atoms with Crippen molar-refractivity contribution in [2.24, 2.45) is 0 Å². The van der Waals surface area contributed by atoms with Crippen LogP contribution in [0.3, 0.4) is 0 Å². The van der Waals surface area contributed by atoms with Crippen molar-refractivity contribution < 1.29 is 21.6 Å². The largest absolute Gasteiger partial charge is 0.492 e. The molecule has 9 heteroatoms. The van der Waals surface area contributed by atoms with Crippen molar-refractivity contribution in [1.29, 1.82) is 0 Å². The Hall–Kier alpha value is -1.42. The van der Waals surface area contributed by atoms with Crippen LogP contribution in [0.15, 0.2) is 46.7 Å². The average Bonchev–Trinajstić information content (AvgIpc) is 3.06. The van der Waals surface area contributed by atoms with Gasteiger partial charge in [-0.15, -0.1) is 11.3 Å². The molecular weight excluding hydrogens is 394 g/mol. The van der Waals surface area contributed by atoms with Gasteiger partial charge >= 0.3 is 0 Å². The summed E-state index contributed by atoms with van der Waals surface area (Å²) >= 11 is 1.39. The van der Waals surface area contributed by atoms with Crippen molar-refractivity contribution in [3.8, 4) is 5.75 Å². The van der Waals surface area contributed by atoms with Crippen molar-refractivity contribution in [3.05, 3.63) is 46.7 Å². The van der Waals surface area contributed by atoms with Crippen LogP contribution >= 0.6 is 11.3 Å². The van der Waals surface area contributed by atoms with E-state index in [1.807, 2.05) is 11.4 Å². The van der Waals surface area contributed by atoms with E-state index in [4.69, 9.17) is 4.74 Å². The molecule has 3 rings (SSSR count). The van der Waals surface area contributed by atoms with Crippen molar-refractivity contribution in [3.63, 3.8) is 0 Å². The zero-order chi connectivity index (χ0) is 18.8. The number of benzene rings is 1. The number of sulfonamides is 1. The third-order valence-electron chi connectivity index (χ3n) is 4.33. The predicted molar refractivity (Wildman–Crippen MR) is 102 cm³/mol. The predicted octanol–water partition coefficient (Wildman–Crippen LogP) is 2.70. The first-order chi connectivity index (χ1) is 12.4. The van der Waals surface area contributed by atoms with Crippen molar-refractivity contribution >= 4 is 31.2 Å². The highest BCUT2D eigenvalue weighted by atomic mass is 32.2. The molecule has 0 spiro atoms. The lowest BCUT2D eigenvalue weighted by Crippen LogP contribution is -2.33. The van der Waals surface area contributed by atoms with E-state index < -0.39 is 25.1 Å². The number of hydrogen-bond acceptors (Lipinski definition) is 6. The Labute approximate surface area is 158 Å². The molecule has 142 valence electrons. The molecule has 1 aromatic heterocycles. The minimum absolute atomic E-state index is 0.0486. The maximum absolute atomic E-state index is 13.1. The van der Waals surface area contributed by atoms with E-state index in [9.17, 15) is 16.8 Å². The number of hydrogen-bond donors (Lipinski definition) is 0. The molecule has 0 saturated carbocycles. The summed E-state index contributed by atoms with van der Waals surface area (Å²) in [6.45, 7) is 2.24. The van der Waals surface area contributed by atoms with Crippen LogP contribution in [0.25, 0.3) is 0 Å². The van der Waals surface area contributed by atoms with Gasteiger partial charge in [0.15, 0.2) is 9.84 Å². The number of rotatable bonds is 5. The molecule has 1 aliphatic rings. The summed E-state index contributed by atoms with van der Waals surface area (Å²) in [5, 5.41) is 1.19. The molecule has 0 bridgehead atoms. The van der Waals surface area contributed by atoms with Gasteiger partial charge in [0.2, 0.25) is 10.0 Å². The Morgan fingerprint density at radius 1 is 1.19 bits per heavy atom. The molecule has 26 heavy (non-hydrogen) atoms. The maximum Gasteiger partial charge on any atom is 0.246 e. The summed E-state index contributed by atoms with van der Waals surface area (Å²) in [4.78, 5) is 0.841. The fourth-order valence-electron chi connectivity index (χ4n) is 3.04. The third-order valence-corrected chi connectivity index (χ3v) is 9.51. The van der Waals surface area contributed by atoms with Crippen LogP contribution in [0.2, 0.25) is 0 Å². The van der Waals surface area contributed by atoms with Crippen molar-refractivity contribution in [2.45, 2.75) is 23.5 Å². The molecule has 0 N–H and O–H groups in total. The molecule has 1 aromatic carbocycles. The zero-order valence-electron chi connectivity index (χ0n) is 14.4. The molecule has 1 fully saturated rings. The lowest BCUT2D eigenvalue weighted by atomic mass is 10.2. The zero-order valence-corrected chi connectivity index (χ0v) is 16.8. The first-order valence-corrected chi connectivity index (χ1v) is 12.4. The van der Waals surface area contributed by atoms with Gasteiger partial charge in [0, 0.05) is 18.0 Å². The van der Waals surface area contributed by atoms with E-state index >= 15 is 0 Å². The lowest BCUT2D eigenvalue weighted by Gasteiger charge is -2.21. The number of sulfone groups is 1. The van der Waals surface area contributed by atoms with Crippen molar-refractivity contribution in [2.75, 3.05) is 25.4 Å². The molecule has 0 radical (unpaired) electrons. The van der Waals surface area contributed by atoms with Gasteiger partial charge in [0.25, 0.3) is 0 Å². The van der Waals surface area contributed by atoms with Gasteiger partial charge in [0.1, 0.15) is 10.6 Å². The van der Waals surface area contributed by atoms with Gasteiger partial charge < -0.3 is 4.74 Å². The molecule has 1 unspecified atom stereocenters. The smallest absolute Gasteiger partial charge is 0.246 e. The minimum Gasteiger partial charge on any atom is -0.492 e. The first-order valence-electron chi connectivity index (χ1n) is 8.33. The fourth-order valence-corrected chi connectivity index (χ4v) is 7.74. The highest BCUT2D eigenvalue weighted by Gasteiger charge is 2.36. The number of ether oxygens (including phenoxy) is 1. The van der Waals surface area contributed by atoms with Crippen molar-refractivity contribution in [1.82, 2.24) is 4.31 Å². The van der Waals surface area contributed by atoms with E-state index in [0.29, 0.717) is 6.61 Å². The summed E-state index contributed by atoms with van der Waals surface area (Å²) in [5.74, 6) is 0.0999. The van der Waals surface area contributed by atoms with Gasteiger partial charge in [-0.05, 0) is 36.9 Å². The van der Waals surface area contributed by atoms with Crippen LogP contribution in [0.1, 0.15) is 23.5 Å². The van der Waals surface area contributed by atoms with Crippen LogP contribution < -0.4 is 4.74 Å². The van der Waals surface area contributed by atoms with Crippen LogP contribution in [0, 0.1) is 0 Å². The van der Waals surface area contributed by atoms with E-state index in [0.717, 1.165) is 4.88 Å². The van der Waals surface area contributed by atoms with Gasteiger partial charge in [-0.1, -0.05) is 18.2 Å². The number of para-hydroxylation sites is 1. The quantitative estimate of drug-likeness (QED) is 0.750. The van der Waals surface area contributed by atoms with Gasteiger partial charge in [-0.3, -0.25) is 0 Å². The van der Waals surface area contributed by atoms with Crippen LogP contribution in [-0.2, 0) is 19.9 Å². The second kappa shape index (κ2) is 7.67. The Bertz CT molecular complexity index is 952. The van der Waals surface area contributed by atoms with Gasteiger partial charge in [-0.25, -0.2) is 16.8 Å². The monoisotopic (exact) mass is 415 g/mol. The van der Waals surface area contributed by atoms with Gasteiger partial charge in [-0.2, -0.15) is 4.31 Å². The Balaban J connectivity index is 1.91. The Morgan fingerprint density at radius 3 is 2.65 bits per heavy atom. The molecule has 1 saturated heterocycles. The number of thiophene rings is 1. The minimum atomic E-state index is -3.83. The molecule has 1 atom stereocenters. The maximum atomic E-state index is 13.1. The van der Waals surface area contributed by atoms with Crippen LogP contribution in [0.5, 0.6) is 5.75 Å². The molecule has 0 amide bonds. The summed E-state index contributed by atoms with van der Waals surface area (Å²) in [6, 6.07) is 10.1. The Kier molecular flexibility index (Phi) is 5.71. The van der Waals surface area contributed by atoms with E-state index in [1.165, 1.54) is 21.7 Å². The topological polar surface area (TPSA) is 80.8 Å². The normalized spacial score (nSPS) is 21.2. The van der Waals surface area contributed by atoms with E-state index in [1.54, 1.807) is 31.2 Å². The summed E-state index contributed by atoms with van der Waals surface area (Å²) < 4.78 is 58.2. The second-order valence-electron chi connectivity index (χ2n) is 5.94. The summed E-state index contributed by atoms with van der Waals surface area (Å²) in [6.07, 6.45) is 0.249.